The van der Waals surface area contributed by atoms with Gasteiger partial charge < -0.3 is 8.63 Å². The quantitative estimate of drug-likeness (QED) is 0.531. The van der Waals surface area contributed by atoms with Gasteiger partial charge in [-0.2, -0.15) is 0 Å². The summed E-state index contributed by atoms with van der Waals surface area (Å²) in [7, 11) is -1.45. The van der Waals surface area contributed by atoms with Gasteiger partial charge in [0.05, 0.1) is 6.61 Å². The summed E-state index contributed by atoms with van der Waals surface area (Å²) in [6, 6.07) is 0. The zero-order chi connectivity index (χ0) is 12.0. The molecule has 0 radical (unpaired) electrons. The summed E-state index contributed by atoms with van der Waals surface area (Å²) >= 11 is 0. The zero-order valence-corrected chi connectivity index (χ0v) is 12.4. The molecule has 0 bridgehead atoms. The van der Waals surface area contributed by atoms with Crippen LogP contribution >= 0.6 is 0 Å². The third-order valence-electron chi connectivity index (χ3n) is 4.84. The van der Waals surface area contributed by atoms with Gasteiger partial charge in [-0.25, -0.2) is 0 Å². The van der Waals surface area contributed by atoms with Gasteiger partial charge in [0.1, 0.15) is 0 Å². The Morgan fingerprint density at radius 1 is 1.38 bits per heavy atom. The van der Waals surface area contributed by atoms with Crippen LogP contribution in [0.5, 0.6) is 0 Å². The van der Waals surface area contributed by atoms with E-state index in [1.165, 1.54) is 13.0 Å². The lowest BCUT2D eigenvalue weighted by molar-refractivity contribution is 0.0357. The summed E-state index contributed by atoms with van der Waals surface area (Å²) in [5.41, 5.74) is 1.61. The van der Waals surface area contributed by atoms with E-state index >= 15 is 0 Å². The molecule has 0 saturated carbocycles. The highest BCUT2D eigenvalue weighted by atomic mass is 28.4. The van der Waals surface area contributed by atoms with Crippen molar-refractivity contribution in [1.29, 1.82) is 0 Å². The number of rotatable bonds is 2. The molecule has 2 nitrogen and oxygen atoms in total. The minimum absolute atomic E-state index is 0.849. The van der Waals surface area contributed by atoms with Crippen molar-refractivity contribution in [3.8, 4) is 0 Å². The van der Waals surface area contributed by atoms with Crippen LogP contribution in [-0.2, 0) is 8.63 Å². The number of hydrogen-bond donors (Lipinski definition) is 0. The van der Waals surface area contributed by atoms with Crippen molar-refractivity contribution in [3.63, 3.8) is 0 Å². The second-order valence-electron chi connectivity index (χ2n) is 5.65. The van der Waals surface area contributed by atoms with Crippen molar-refractivity contribution in [2.75, 3.05) is 13.2 Å². The first-order chi connectivity index (χ1) is 7.50. The Hall–Kier alpha value is -0.0582. The zero-order valence-electron chi connectivity index (χ0n) is 11.4. The van der Waals surface area contributed by atoms with E-state index in [2.05, 4.69) is 37.8 Å². The van der Waals surface area contributed by atoms with E-state index in [4.69, 9.17) is 4.65 Å². The fraction of sp³-hybridized carbons (Fsp3) is 0.833. The van der Waals surface area contributed by atoms with Gasteiger partial charge in [-0.3, -0.25) is 0 Å². The normalized spacial score (nSPS) is 34.3. The molecule has 2 heterocycles. The van der Waals surface area contributed by atoms with Crippen LogP contribution in [0.3, 0.4) is 0 Å². The van der Waals surface area contributed by atoms with Gasteiger partial charge in [0.25, 0.3) is 0 Å². The fourth-order valence-electron chi connectivity index (χ4n) is 3.82. The highest BCUT2D eigenvalue weighted by Gasteiger charge is 2.59. The minimum Gasteiger partial charge on any atom is -0.744 e. The third kappa shape index (κ3) is 1.39. The van der Waals surface area contributed by atoms with Crippen molar-refractivity contribution in [1.82, 2.24) is 0 Å². The summed E-state index contributed by atoms with van der Waals surface area (Å²) in [4.78, 5) is 0. The predicted octanol–water partition coefficient (Wildman–Crippen LogP) is 3.44. The molecule has 1 fully saturated rings. The van der Waals surface area contributed by atoms with Crippen LogP contribution in [0, 0.1) is 0 Å². The lowest BCUT2D eigenvalue weighted by atomic mass is 9.47. The Morgan fingerprint density at radius 3 is 2.62 bits per heavy atom. The summed E-state index contributed by atoms with van der Waals surface area (Å²) in [5, 5.41) is 1.66. The standard InChI is InChI=1S/C12H25BO2Si/c1-6-12-11(3)16(4,5)15-10-8-9-14-13(12,15)7-2/h6-10H2,1-5H3. The molecular weight excluding hydrogens is 215 g/mol. The predicted molar refractivity (Wildman–Crippen MR) is 73.2 cm³/mol. The molecular formula is C12H25BO2Si. The van der Waals surface area contributed by atoms with Crippen molar-refractivity contribution < 1.29 is 8.63 Å². The highest BCUT2D eigenvalue weighted by molar-refractivity contribution is 6.96. The lowest BCUT2D eigenvalue weighted by Crippen LogP contribution is -2.59. The molecule has 1 unspecified atom stereocenters. The first kappa shape index (κ1) is 12.4. The second kappa shape index (κ2) is 4.00. The molecule has 4 heteroatoms. The van der Waals surface area contributed by atoms with E-state index in [1.807, 2.05) is 0 Å². The maximum Gasteiger partial charge on any atom is 0.428 e. The number of allylic oxidation sites excluding steroid dienone is 2. The largest absolute Gasteiger partial charge is 0.744 e. The molecule has 92 valence electrons. The molecule has 0 spiro atoms. The fourth-order valence-corrected chi connectivity index (χ4v) is 7.37. The molecule has 0 N–H and O–H groups in total. The monoisotopic (exact) mass is 240 g/mol. The van der Waals surface area contributed by atoms with E-state index in [0.717, 1.165) is 19.3 Å². The Labute approximate surface area is 101 Å². The van der Waals surface area contributed by atoms with Crippen LogP contribution < -0.4 is 0 Å². The smallest absolute Gasteiger partial charge is 0.428 e. The molecule has 2 rings (SSSR count). The lowest BCUT2D eigenvalue weighted by Gasteiger charge is -2.54. The van der Waals surface area contributed by atoms with Gasteiger partial charge in [0.2, 0.25) is 0 Å². The first-order valence-corrected chi connectivity index (χ1v) is 9.63. The van der Waals surface area contributed by atoms with Crippen LogP contribution in [0.2, 0.25) is 19.4 Å². The van der Waals surface area contributed by atoms with E-state index in [0.29, 0.717) is 0 Å². The molecule has 0 aromatic carbocycles. The molecule has 1 atom stereocenters. The summed E-state index contributed by atoms with van der Waals surface area (Å²) in [6.07, 6.45) is 3.45. The van der Waals surface area contributed by atoms with Crippen LogP contribution in [0.4, 0.5) is 0 Å². The Balaban J connectivity index is 2.51. The third-order valence-corrected chi connectivity index (χ3v) is 8.87. The molecule has 2 aliphatic heterocycles. The topological polar surface area (TPSA) is 11.9 Å². The van der Waals surface area contributed by atoms with Gasteiger partial charge in [0.15, 0.2) is 0 Å². The average molecular weight is 240 g/mol. The molecule has 16 heavy (non-hydrogen) atoms. The van der Waals surface area contributed by atoms with Gasteiger partial charge in [-0.1, -0.05) is 26.6 Å². The number of hydrogen-bond acceptors (Lipinski definition) is 1. The van der Waals surface area contributed by atoms with Crippen LogP contribution in [0.1, 0.15) is 33.6 Å². The Bertz CT molecular complexity index is 327. The van der Waals surface area contributed by atoms with Crippen molar-refractivity contribution in [3.05, 3.63) is 10.7 Å². The van der Waals surface area contributed by atoms with Crippen LogP contribution in [0.15, 0.2) is 10.7 Å². The van der Waals surface area contributed by atoms with E-state index in [9.17, 15) is 0 Å². The van der Waals surface area contributed by atoms with Crippen LogP contribution in [-0.4, -0.2) is 28.1 Å². The highest BCUT2D eigenvalue weighted by Crippen LogP contribution is 2.48. The minimum atomic E-state index is -1.45. The Morgan fingerprint density at radius 2 is 2.06 bits per heavy atom. The number of fused-ring (bicyclic) bond motifs is 1. The summed E-state index contributed by atoms with van der Waals surface area (Å²) in [5.74, 6) is 0. The Kier molecular flexibility index (Phi) is 3.10. The van der Waals surface area contributed by atoms with Gasteiger partial charge in [-0.15, -0.1) is 5.47 Å². The van der Waals surface area contributed by atoms with E-state index in [-0.39, 0.29) is 0 Å². The van der Waals surface area contributed by atoms with Crippen molar-refractivity contribution in [2.24, 2.45) is 0 Å². The van der Waals surface area contributed by atoms with Gasteiger partial charge in [0, 0.05) is 26.1 Å². The SMILES string of the molecule is CCC1=C(C)[Si](C)(C)[O+]2CCCO[B-]12CC. The molecule has 0 amide bonds. The maximum absolute atomic E-state index is 6.28. The second-order valence-corrected chi connectivity index (χ2v) is 9.94. The van der Waals surface area contributed by atoms with Crippen molar-refractivity contribution in [2.45, 2.75) is 53.0 Å². The van der Waals surface area contributed by atoms with E-state index in [1.54, 1.807) is 10.7 Å². The van der Waals surface area contributed by atoms with Crippen LogP contribution in [0.25, 0.3) is 0 Å². The molecule has 0 aromatic rings. The van der Waals surface area contributed by atoms with Gasteiger partial charge in [-0.05, 0) is 12.1 Å². The van der Waals surface area contributed by atoms with E-state index < -0.39 is 14.9 Å². The maximum atomic E-state index is 6.28. The molecule has 0 aliphatic carbocycles. The average Bonchev–Trinajstić information content (AvgIpc) is 2.46. The molecule has 0 aromatic heterocycles. The molecule has 1 saturated heterocycles. The summed E-state index contributed by atoms with van der Waals surface area (Å²) in [6.45, 7) is 13.1. The molecule has 2 aliphatic rings. The van der Waals surface area contributed by atoms with Crippen molar-refractivity contribution >= 4 is 14.9 Å². The summed E-state index contributed by atoms with van der Waals surface area (Å²) < 4.78 is 10.00. The first-order valence-electron chi connectivity index (χ1n) is 6.72. The van der Waals surface area contributed by atoms with Gasteiger partial charge >= 0.3 is 14.9 Å².